The van der Waals surface area contributed by atoms with E-state index in [9.17, 15) is 22.4 Å². The predicted molar refractivity (Wildman–Crippen MR) is 112 cm³/mol. The third kappa shape index (κ3) is 5.15. The zero-order chi connectivity index (χ0) is 22.6. The lowest BCUT2D eigenvalue weighted by atomic mass is 10.2. The number of carbonyl (C=O) groups is 2. The first-order valence-corrected chi connectivity index (χ1v) is 11.3. The lowest BCUT2D eigenvalue weighted by Crippen LogP contribution is -2.42. The van der Waals surface area contributed by atoms with Crippen LogP contribution < -0.4 is 15.6 Å². The molecule has 0 unspecified atom stereocenters. The van der Waals surface area contributed by atoms with Crippen molar-refractivity contribution in [1.82, 2.24) is 15.2 Å². The van der Waals surface area contributed by atoms with Crippen molar-refractivity contribution in [2.45, 2.75) is 24.2 Å². The molecule has 1 heterocycles. The van der Waals surface area contributed by atoms with E-state index >= 15 is 0 Å². The number of halogens is 2. The van der Waals surface area contributed by atoms with Gasteiger partial charge in [0.1, 0.15) is 16.5 Å². The van der Waals surface area contributed by atoms with Crippen LogP contribution in [0.2, 0.25) is 5.02 Å². The van der Waals surface area contributed by atoms with E-state index in [1.807, 2.05) is 0 Å². The quantitative estimate of drug-likeness (QED) is 0.655. The molecular weight excluding hydrogens is 449 g/mol. The molecular formula is C20H21ClFN3O5S. The van der Waals surface area contributed by atoms with E-state index in [4.69, 9.17) is 16.3 Å². The summed E-state index contributed by atoms with van der Waals surface area (Å²) in [6, 6.07) is 7.40. The highest BCUT2D eigenvalue weighted by atomic mass is 35.5. The van der Waals surface area contributed by atoms with Gasteiger partial charge in [0.05, 0.1) is 12.7 Å². The van der Waals surface area contributed by atoms with E-state index in [1.54, 1.807) is 6.07 Å². The predicted octanol–water partition coefficient (Wildman–Crippen LogP) is 2.74. The van der Waals surface area contributed by atoms with Crippen LogP contribution in [0.3, 0.4) is 0 Å². The number of nitrogens with zero attached hydrogens (tertiary/aromatic N) is 1. The number of hydrazine groups is 1. The van der Waals surface area contributed by atoms with Crippen molar-refractivity contribution in [3.63, 3.8) is 0 Å². The SMILES string of the molecule is COc1ccc(Cl)cc1C(=O)NNC(=O)c1ccc(F)c(S(=O)(=O)N2CCCCC2)c1. The maximum absolute atomic E-state index is 14.3. The zero-order valence-corrected chi connectivity index (χ0v) is 18.2. The van der Waals surface area contributed by atoms with E-state index in [0.29, 0.717) is 31.0 Å². The second kappa shape index (κ2) is 9.63. The van der Waals surface area contributed by atoms with Gasteiger partial charge in [-0.1, -0.05) is 18.0 Å². The highest BCUT2D eigenvalue weighted by Gasteiger charge is 2.29. The molecule has 1 saturated heterocycles. The fourth-order valence-corrected chi connectivity index (χ4v) is 4.98. The molecule has 0 bridgehead atoms. The minimum atomic E-state index is -4.08. The smallest absolute Gasteiger partial charge is 0.273 e. The van der Waals surface area contributed by atoms with Crippen LogP contribution in [0.15, 0.2) is 41.3 Å². The Hall–Kier alpha value is -2.69. The molecule has 1 fully saturated rings. The number of ether oxygens (including phenoxy) is 1. The standard InChI is InChI=1S/C20H21ClFN3O5S/c1-30-17-8-6-14(21)12-15(17)20(27)24-23-19(26)13-5-7-16(22)18(11-13)31(28,29)25-9-3-2-4-10-25/h5-8,11-12H,2-4,9-10H2,1H3,(H,23,26)(H,24,27). The summed E-state index contributed by atoms with van der Waals surface area (Å²) in [4.78, 5) is 24.2. The van der Waals surface area contributed by atoms with Crippen LogP contribution in [0.1, 0.15) is 40.0 Å². The summed E-state index contributed by atoms with van der Waals surface area (Å²) in [6.45, 7) is 0.603. The van der Waals surface area contributed by atoms with Gasteiger partial charge < -0.3 is 4.74 Å². The lowest BCUT2D eigenvalue weighted by molar-refractivity contribution is 0.0844. The van der Waals surface area contributed by atoms with Crippen LogP contribution in [0.5, 0.6) is 5.75 Å². The third-order valence-electron chi connectivity index (χ3n) is 4.82. The minimum Gasteiger partial charge on any atom is -0.496 e. The number of nitrogens with one attached hydrogen (secondary N) is 2. The molecule has 1 aliphatic rings. The van der Waals surface area contributed by atoms with Crippen LogP contribution in [0, 0.1) is 5.82 Å². The zero-order valence-electron chi connectivity index (χ0n) is 16.7. The number of rotatable bonds is 5. The molecule has 1 aliphatic heterocycles. The summed E-state index contributed by atoms with van der Waals surface area (Å²) in [5, 5.41) is 0.295. The summed E-state index contributed by atoms with van der Waals surface area (Å²) < 4.78 is 46.2. The fraction of sp³-hybridized carbons (Fsp3) is 0.300. The number of methoxy groups -OCH3 is 1. The van der Waals surface area contributed by atoms with Gasteiger partial charge in [0.15, 0.2) is 0 Å². The van der Waals surface area contributed by atoms with Crippen molar-refractivity contribution in [2.75, 3.05) is 20.2 Å². The fourth-order valence-electron chi connectivity index (χ4n) is 3.20. The third-order valence-corrected chi connectivity index (χ3v) is 6.97. The van der Waals surface area contributed by atoms with E-state index in [0.717, 1.165) is 24.6 Å². The molecule has 0 spiro atoms. The monoisotopic (exact) mass is 469 g/mol. The van der Waals surface area contributed by atoms with Crippen molar-refractivity contribution >= 4 is 33.4 Å². The van der Waals surface area contributed by atoms with Crippen LogP contribution in [0.4, 0.5) is 4.39 Å². The summed E-state index contributed by atoms with van der Waals surface area (Å²) in [6.07, 6.45) is 2.30. The van der Waals surface area contributed by atoms with E-state index in [-0.39, 0.29) is 16.9 Å². The van der Waals surface area contributed by atoms with Gasteiger partial charge in [-0.05, 0) is 49.2 Å². The number of hydrogen-bond donors (Lipinski definition) is 2. The Bertz CT molecular complexity index is 1100. The van der Waals surface area contributed by atoms with Gasteiger partial charge in [-0.25, -0.2) is 12.8 Å². The van der Waals surface area contributed by atoms with Gasteiger partial charge in [-0.2, -0.15) is 4.31 Å². The second-order valence-corrected chi connectivity index (χ2v) is 9.21. The van der Waals surface area contributed by atoms with E-state index in [2.05, 4.69) is 10.9 Å². The first kappa shape index (κ1) is 23.0. The van der Waals surface area contributed by atoms with Crippen LogP contribution in [0.25, 0.3) is 0 Å². The van der Waals surface area contributed by atoms with Crippen molar-refractivity contribution < 1.29 is 27.1 Å². The molecule has 2 aromatic rings. The Kier molecular flexibility index (Phi) is 7.14. The summed E-state index contributed by atoms with van der Waals surface area (Å²) in [5.74, 6) is -2.22. The molecule has 0 radical (unpaired) electrons. The van der Waals surface area contributed by atoms with Gasteiger partial charge in [-0.3, -0.25) is 20.4 Å². The number of piperidine rings is 1. The lowest BCUT2D eigenvalue weighted by Gasteiger charge is -2.26. The van der Waals surface area contributed by atoms with Crippen molar-refractivity contribution in [3.8, 4) is 5.75 Å². The number of amides is 2. The molecule has 0 saturated carbocycles. The number of benzene rings is 2. The normalized spacial score (nSPS) is 14.7. The Morgan fingerprint density at radius 1 is 1.03 bits per heavy atom. The molecule has 0 aromatic heterocycles. The number of sulfonamides is 1. The van der Waals surface area contributed by atoms with Gasteiger partial charge >= 0.3 is 0 Å². The molecule has 8 nitrogen and oxygen atoms in total. The Morgan fingerprint density at radius 3 is 2.39 bits per heavy atom. The van der Waals surface area contributed by atoms with Crippen LogP contribution in [-0.4, -0.2) is 44.7 Å². The Balaban J connectivity index is 1.76. The molecule has 2 amide bonds. The van der Waals surface area contributed by atoms with Gasteiger partial charge in [0.25, 0.3) is 11.8 Å². The maximum atomic E-state index is 14.3. The van der Waals surface area contributed by atoms with Crippen molar-refractivity contribution in [3.05, 3.63) is 58.4 Å². The van der Waals surface area contributed by atoms with E-state index in [1.165, 1.54) is 23.5 Å². The summed E-state index contributed by atoms with van der Waals surface area (Å²) in [7, 11) is -2.70. The van der Waals surface area contributed by atoms with Crippen molar-refractivity contribution in [1.29, 1.82) is 0 Å². The van der Waals surface area contributed by atoms with E-state index < -0.39 is 32.6 Å². The molecule has 3 rings (SSSR count). The number of carbonyl (C=O) groups excluding carboxylic acids is 2. The molecule has 0 aliphatic carbocycles. The largest absolute Gasteiger partial charge is 0.496 e. The van der Waals surface area contributed by atoms with Gasteiger partial charge in [0, 0.05) is 23.7 Å². The first-order valence-electron chi connectivity index (χ1n) is 9.48. The second-order valence-electron chi connectivity index (χ2n) is 6.86. The first-order chi connectivity index (χ1) is 14.7. The topological polar surface area (TPSA) is 105 Å². The molecule has 31 heavy (non-hydrogen) atoms. The van der Waals surface area contributed by atoms with Gasteiger partial charge in [0.2, 0.25) is 10.0 Å². The minimum absolute atomic E-state index is 0.0859. The maximum Gasteiger partial charge on any atom is 0.273 e. The molecule has 2 N–H and O–H groups in total. The Morgan fingerprint density at radius 2 is 1.71 bits per heavy atom. The van der Waals surface area contributed by atoms with Crippen molar-refractivity contribution in [2.24, 2.45) is 0 Å². The molecule has 2 aromatic carbocycles. The molecule has 11 heteroatoms. The highest BCUT2D eigenvalue weighted by Crippen LogP contribution is 2.24. The van der Waals surface area contributed by atoms with Gasteiger partial charge in [-0.15, -0.1) is 0 Å². The summed E-state index contributed by atoms with van der Waals surface area (Å²) in [5.41, 5.74) is 4.34. The average Bonchev–Trinajstić information content (AvgIpc) is 2.78. The van der Waals surface area contributed by atoms with Crippen LogP contribution >= 0.6 is 11.6 Å². The summed E-state index contributed by atoms with van der Waals surface area (Å²) >= 11 is 5.90. The number of hydrogen-bond acceptors (Lipinski definition) is 5. The Labute approximate surface area is 184 Å². The van der Waals surface area contributed by atoms with Crippen LogP contribution in [-0.2, 0) is 10.0 Å². The highest BCUT2D eigenvalue weighted by molar-refractivity contribution is 7.89. The molecule has 0 atom stereocenters. The molecule has 166 valence electrons. The average molecular weight is 470 g/mol.